The number of rotatable bonds is 2. The Balaban J connectivity index is 2.02. The monoisotopic (exact) mass is 270 g/mol. The molecule has 1 aromatic rings. The molecule has 0 aliphatic carbocycles. The van der Waals surface area contributed by atoms with Crippen molar-refractivity contribution < 1.29 is 9.18 Å². The zero-order valence-electron chi connectivity index (χ0n) is 10.2. The molecule has 18 heavy (non-hydrogen) atoms. The Labute approximate surface area is 111 Å². The average molecular weight is 271 g/mol. The van der Waals surface area contributed by atoms with E-state index in [0.29, 0.717) is 11.6 Å². The molecule has 0 aromatic heterocycles. The Morgan fingerprint density at radius 3 is 2.94 bits per heavy atom. The van der Waals surface area contributed by atoms with E-state index < -0.39 is 5.82 Å². The second kappa shape index (κ2) is 5.67. The van der Waals surface area contributed by atoms with E-state index in [4.69, 9.17) is 11.6 Å². The summed E-state index contributed by atoms with van der Waals surface area (Å²) in [5.41, 5.74) is 0.394. The van der Waals surface area contributed by atoms with Gasteiger partial charge in [0.15, 0.2) is 0 Å². The van der Waals surface area contributed by atoms with Gasteiger partial charge in [-0.2, -0.15) is 0 Å². The first kappa shape index (κ1) is 13.3. The van der Waals surface area contributed by atoms with Crippen molar-refractivity contribution in [1.29, 1.82) is 0 Å². The van der Waals surface area contributed by atoms with E-state index in [1.807, 2.05) is 0 Å². The number of piperidine rings is 1. The number of carbonyl (C=O) groups excluding carboxylic acids is 1. The molecule has 0 spiro atoms. The van der Waals surface area contributed by atoms with Crippen molar-refractivity contribution in [1.82, 2.24) is 5.32 Å². The van der Waals surface area contributed by atoms with Gasteiger partial charge >= 0.3 is 0 Å². The van der Waals surface area contributed by atoms with Crippen LogP contribution in [-0.2, 0) is 4.79 Å². The van der Waals surface area contributed by atoms with Crippen LogP contribution in [-0.4, -0.2) is 18.5 Å². The van der Waals surface area contributed by atoms with E-state index in [0.717, 1.165) is 19.4 Å². The third-order valence-corrected chi connectivity index (χ3v) is 3.33. The summed E-state index contributed by atoms with van der Waals surface area (Å²) in [7, 11) is 0. The molecule has 2 atom stereocenters. The first-order valence-corrected chi connectivity index (χ1v) is 6.43. The number of anilines is 1. The maximum absolute atomic E-state index is 13.1. The zero-order chi connectivity index (χ0) is 13.1. The van der Waals surface area contributed by atoms with Crippen LogP contribution in [0.2, 0.25) is 5.02 Å². The molecule has 1 aliphatic rings. The molecule has 0 saturated carbocycles. The molecular weight excluding hydrogens is 255 g/mol. The van der Waals surface area contributed by atoms with E-state index >= 15 is 0 Å². The fourth-order valence-corrected chi connectivity index (χ4v) is 2.38. The molecule has 2 unspecified atom stereocenters. The van der Waals surface area contributed by atoms with Crippen LogP contribution in [0.25, 0.3) is 0 Å². The van der Waals surface area contributed by atoms with Gasteiger partial charge in [0.25, 0.3) is 0 Å². The molecule has 5 heteroatoms. The SMILES string of the molecule is CC1CCNC(C(=O)Nc2cc(F)cc(Cl)c2)C1. The molecule has 0 radical (unpaired) electrons. The van der Waals surface area contributed by atoms with Gasteiger partial charge in [-0.05, 0) is 43.5 Å². The van der Waals surface area contributed by atoms with E-state index in [1.165, 1.54) is 18.2 Å². The van der Waals surface area contributed by atoms with Crippen LogP contribution >= 0.6 is 11.6 Å². The largest absolute Gasteiger partial charge is 0.325 e. The van der Waals surface area contributed by atoms with Gasteiger partial charge in [0, 0.05) is 10.7 Å². The minimum Gasteiger partial charge on any atom is -0.325 e. The Hall–Kier alpha value is -1.13. The summed E-state index contributed by atoms with van der Waals surface area (Å²) >= 11 is 5.74. The van der Waals surface area contributed by atoms with E-state index in [-0.39, 0.29) is 17.0 Å². The fraction of sp³-hybridized carbons (Fsp3) is 0.462. The highest BCUT2D eigenvalue weighted by molar-refractivity contribution is 6.30. The van der Waals surface area contributed by atoms with Crippen molar-refractivity contribution in [3.8, 4) is 0 Å². The smallest absolute Gasteiger partial charge is 0.241 e. The van der Waals surface area contributed by atoms with Crippen LogP contribution in [0.3, 0.4) is 0 Å². The lowest BCUT2D eigenvalue weighted by Crippen LogP contribution is -2.45. The number of nitrogens with one attached hydrogen (secondary N) is 2. The summed E-state index contributed by atoms with van der Waals surface area (Å²) in [6.45, 7) is 2.96. The van der Waals surface area contributed by atoms with Crippen LogP contribution < -0.4 is 10.6 Å². The first-order chi connectivity index (χ1) is 8.54. The third-order valence-electron chi connectivity index (χ3n) is 3.11. The van der Waals surface area contributed by atoms with Gasteiger partial charge in [0.05, 0.1) is 6.04 Å². The van der Waals surface area contributed by atoms with Gasteiger partial charge in [-0.25, -0.2) is 4.39 Å². The van der Waals surface area contributed by atoms with E-state index in [9.17, 15) is 9.18 Å². The lowest BCUT2D eigenvalue weighted by molar-refractivity contribution is -0.119. The van der Waals surface area contributed by atoms with E-state index in [2.05, 4.69) is 17.6 Å². The topological polar surface area (TPSA) is 41.1 Å². The molecule has 1 aromatic carbocycles. The van der Waals surface area contributed by atoms with Gasteiger partial charge in [0.1, 0.15) is 5.82 Å². The minimum absolute atomic E-state index is 0.136. The second-order valence-corrected chi connectivity index (χ2v) is 5.22. The summed E-state index contributed by atoms with van der Waals surface area (Å²) in [6, 6.07) is 3.79. The van der Waals surface area contributed by atoms with Gasteiger partial charge in [-0.3, -0.25) is 4.79 Å². The second-order valence-electron chi connectivity index (χ2n) is 4.78. The van der Waals surface area contributed by atoms with Gasteiger partial charge < -0.3 is 10.6 Å². The molecule has 1 aliphatic heterocycles. The van der Waals surface area contributed by atoms with Crippen molar-refractivity contribution in [2.45, 2.75) is 25.8 Å². The van der Waals surface area contributed by atoms with Crippen molar-refractivity contribution in [2.24, 2.45) is 5.92 Å². The predicted molar refractivity (Wildman–Crippen MR) is 70.2 cm³/mol. The van der Waals surface area contributed by atoms with Gasteiger partial charge in [-0.1, -0.05) is 18.5 Å². The highest BCUT2D eigenvalue weighted by Gasteiger charge is 2.24. The number of halogens is 2. The number of carbonyl (C=O) groups is 1. The van der Waals surface area contributed by atoms with Crippen LogP contribution in [0.1, 0.15) is 19.8 Å². The maximum atomic E-state index is 13.1. The van der Waals surface area contributed by atoms with Crippen LogP contribution in [0, 0.1) is 11.7 Å². The molecule has 1 saturated heterocycles. The van der Waals surface area contributed by atoms with Crippen molar-refractivity contribution in [3.05, 3.63) is 29.0 Å². The number of amides is 1. The Bertz CT molecular complexity index is 432. The van der Waals surface area contributed by atoms with Crippen molar-refractivity contribution >= 4 is 23.2 Å². The van der Waals surface area contributed by atoms with Gasteiger partial charge in [0.2, 0.25) is 5.91 Å². The summed E-state index contributed by atoms with van der Waals surface area (Å²) in [4.78, 5) is 12.0. The van der Waals surface area contributed by atoms with Gasteiger partial charge in [-0.15, -0.1) is 0 Å². The Morgan fingerprint density at radius 2 is 2.28 bits per heavy atom. The lowest BCUT2D eigenvalue weighted by Gasteiger charge is -2.27. The molecule has 1 amide bonds. The maximum Gasteiger partial charge on any atom is 0.241 e. The molecular formula is C13H16ClFN2O. The quantitative estimate of drug-likeness (QED) is 0.868. The van der Waals surface area contributed by atoms with Crippen LogP contribution in [0.4, 0.5) is 10.1 Å². The molecule has 3 nitrogen and oxygen atoms in total. The lowest BCUT2D eigenvalue weighted by atomic mass is 9.94. The summed E-state index contributed by atoms with van der Waals surface area (Å²) in [5, 5.41) is 6.12. The highest BCUT2D eigenvalue weighted by atomic mass is 35.5. The predicted octanol–water partition coefficient (Wildman–Crippen LogP) is 2.81. The minimum atomic E-state index is -0.456. The Kier molecular flexibility index (Phi) is 4.19. The normalized spacial score (nSPS) is 23.7. The standard InChI is InChI=1S/C13H16ClFN2O/c1-8-2-3-16-12(4-8)13(18)17-11-6-9(14)5-10(15)7-11/h5-8,12,16H,2-4H2,1H3,(H,17,18). The molecule has 98 valence electrons. The summed E-state index contributed by atoms with van der Waals surface area (Å²) in [5.74, 6) is -0.0657. The molecule has 0 bridgehead atoms. The molecule has 2 N–H and O–H groups in total. The molecule has 2 rings (SSSR count). The van der Waals surface area contributed by atoms with Crippen LogP contribution in [0.15, 0.2) is 18.2 Å². The third kappa shape index (κ3) is 3.43. The highest BCUT2D eigenvalue weighted by Crippen LogP contribution is 2.20. The average Bonchev–Trinajstić information content (AvgIpc) is 2.27. The zero-order valence-corrected chi connectivity index (χ0v) is 10.9. The number of hydrogen-bond donors (Lipinski definition) is 2. The number of hydrogen-bond acceptors (Lipinski definition) is 2. The Morgan fingerprint density at radius 1 is 1.50 bits per heavy atom. The van der Waals surface area contributed by atoms with Crippen molar-refractivity contribution in [2.75, 3.05) is 11.9 Å². The molecule has 1 heterocycles. The molecule has 1 fully saturated rings. The van der Waals surface area contributed by atoms with Crippen molar-refractivity contribution in [3.63, 3.8) is 0 Å². The summed E-state index contributed by atoms with van der Waals surface area (Å²) in [6.07, 6.45) is 1.88. The fourth-order valence-electron chi connectivity index (χ4n) is 2.16. The van der Waals surface area contributed by atoms with E-state index in [1.54, 1.807) is 0 Å². The van der Waals surface area contributed by atoms with Crippen LogP contribution in [0.5, 0.6) is 0 Å². The number of benzene rings is 1. The first-order valence-electron chi connectivity index (χ1n) is 6.05. The summed E-state index contributed by atoms with van der Waals surface area (Å²) < 4.78 is 13.1.